The number of carbonyl (C=O) groups is 2. The third-order valence-electron chi connectivity index (χ3n) is 7.74. The van der Waals surface area contributed by atoms with E-state index in [9.17, 15) is 14.2 Å². The fourth-order valence-corrected chi connectivity index (χ4v) is 5.30. The van der Waals surface area contributed by atoms with E-state index >= 15 is 0 Å². The number of allylic oxidation sites excluding steroid dienone is 4. The van der Waals surface area contributed by atoms with Crippen LogP contribution in [0.4, 0.5) is 0 Å². The molecule has 46 heavy (non-hydrogen) atoms. The van der Waals surface area contributed by atoms with Gasteiger partial charge in [0.25, 0.3) is 0 Å². The van der Waals surface area contributed by atoms with Crippen LogP contribution in [0.15, 0.2) is 36.5 Å². The fourth-order valence-electron chi connectivity index (χ4n) is 4.94. The molecule has 1 saturated heterocycles. The quantitative estimate of drug-likeness (QED) is 0.0252. The Bertz CT molecular complexity index is 924. The fraction of sp³-hybridized carbons (Fsp3) is 0.778. The minimum Gasteiger partial charge on any atom is -0.462 e. The molecule has 0 aromatic carbocycles. The Labute approximate surface area is 278 Å². The van der Waals surface area contributed by atoms with Crippen molar-refractivity contribution in [2.24, 2.45) is 5.92 Å². The molecule has 9 nitrogen and oxygen atoms in total. The third kappa shape index (κ3) is 27.4. The van der Waals surface area contributed by atoms with Gasteiger partial charge >= 0.3 is 19.8 Å². The van der Waals surface area contributed by atoms with Crippen LogP contribution < -0.4 is 0 Å². The summed E-state index contributed by atoms with van der Waals surface area (Å²) in [4.78, 5) is 42.6. The second kappa shape index (κ2) is 27.2. The van der Waals surface area contributed by atoms with Crippen molar-refractivity contribution in [1.29, 1.82) is 0 Å². The van der Waals surface area contributed by atoms with Crippen molar-refractivity contribution in [3.63, 3.8) is 0 Å². The van der Waals surface area contributed by atoms with Crippen molar-refractivity contribution in [2.45, 2.75) is 161 Å². The molecule has 1 fully saturated rings. The molecule has 266 valence electrons. The lowest BCUT2D eigenvalue weighted by molar-refractivity contribution is -0.161. The molecule has 1 aliphatic heterocycles. The number of unbranched alkanes of at least 4 members (excludes halogenated alkanes) is 10. The van der Waals surface area contributed by atoms with Crippen LogP contribution in [0.3, 0.4) is 0 Å². The summed E-state index contributed by atoms with van der Waals surface area (Å²) < 4.78 is 31.9. The molecule has 1 aliphatic rings. The van der Waals surface area contributed by atoms with Crippen molar-refractivity contribution in [3.8, 4) is 0 Å². The van der Waals surface area contributed by atoms with Crippen molar-refractivity contribution in [1.82, 2.24) is 0 Å². The van der Waals surface area contributed by atoms with Crippen LogP contribution >= 0.6 is 7.82 Å². The molecule has 10 heteroatoms. The molecule has 0 amide bonds. The maximum atomic E-state index is 12.3. The second-order valence-electron chi connectivity index (χ2n) is 12.7. The summed E-state index contributed by atoms with van der Waals surface area (Å²) >= 11 is 0. The van der Waals surface area contributed by atoms with Gasteiger partial charge in [0.1, 0.15) is 6.61 Å². The average molecular weight is 671 g/mol. The summed E-state index contributed by atoms with van der Waals surface area (Å²) in [7, 11) is -4.76. The summed E-state index contributed by atoms with van der Waals surface area (Å²) in [5.74, 6) is -0.217. The average Bonchev–Trinajstić information content (AvgIpc) is 3.75. The van der Waals surface area contributed by atoms with Gasteiger partial charge in [-0.1, -0.05) is 115 Å². The highest BCUT2D eigenvalue weighted by Gasteiger charge is 2.36. The van der Waals surface area contributed by atoms with Gasteiger partial charge in [-0.25, -0.2) is 4.57 Å². The molecule has 0 spiro atoms. The van der Waals surface area contributed by atoms with E-state index in [2.05, 4.69) is 55.7 Å². The second-order valence-corrected chi connectivity index (χ2v) is 14.0. The predicted octanol–water partition coefficient (Wildman–Crippen LogP) is 9.07. The van der Waals surface area contributed by atoms with Crippen molar-refractivity contribution >= 4 is 19.8 Å². The van der Waals surface area contributed by atoms with E-state index in [1.54, 1.807) is 0 Å². The Kier molecular flexibility index (Phi) is 25.0. The van der Waals surface area contributed by atoms with E-state index in [-0.39, 0.29) is 19.4 Å². The Morgan fingerprint density at radius 1 is 0.739 bits per heavy atom. The summed E-state index contributed by atoms with van der Waals surface area (Å²) in [6.07, 6.45) is 30.7. The van der Waals surface area contributed by atoms with Crippen LogP contribution in [-0.4, -0.2) is 53.3 Å². The number of carbonyl (C=O) groups excluding carboxylic acids is 2. The molecule has 0 radical (unpaired) electrons. The van der Waals surface area contributed by atoms with Gasteiger partial charge in [0.05, 0.1) is 18.8 Å². The summed E-state index contributed by atoms with van der Waals surface area (Å²) in [6.45, 7) is 5.82. The molecular weight excluding hydrogens is 607 g/mol. The van der Waals surface area contributed by atoms with Crippen molar-refractivity contribution in [3.05, 3.63) is 36.5 Å². The van der Waals surface area contributed by atoms with E-state index in [4.69, 9.17) is 24.0 Å². The number of hydrogen-bond acceptors (Lipinski definition) is 7. The molecule has 0 aromatic heterocycles. The van der Waals surface area contributed by atoms with Gasteiger partial charge < -0.3 is 24.0 Å². The Morgan fingerprint density at radius 2 is 1.33 bits per heavy atom. The Hall–Kier alpha value is -1.77. The highest BCUT2D eigenvalue weighted by atomic mass is 31.2. The van der Waals surface area contributed by atoms with Crippen LogP contribution in [0.2, 0.25) is 0 Å². The van der Waals surface area contributed by atoms with E-state index in [1.807, 2.05) is 6.08 Å². The SMILES string of the molecule is CCCCC/C=C\CC1OC1C/C=C\C/C=C\CCCC(=O)OC[C@H](COP(=O)(O)O)OC(=O)CCCCCCCCCC(C)C. The first-order valence-electron chi connectivity index (χ1n) is 17.8. The van der Waals surface area contributed by atoms with Crippen LogP contribution in [0.25, 0.3) is 0 Å². The number of ether oxygens (including phenoxy) is 3. The lowest BCUT2D eigenvalue weighted by Gasteiger charge is -2.18. The molecule has 1 heterocycles. The van der Waals surface area contributed by atoms with Crippen LogP contribution in [-0.2, 0) is 32.9 Å². The maximum Gasteiger partial charge on any atom is 0.469 e. The van der Waals surface area contributed by atoms with E-state index < -0.39 is 32.5 Å². The Morgan fingerprint density at radius 3 is 2.00 bits per heavy atom. The molecular formula is C36H63O9P. The van der Waals surface area contributed by atoms with Crippen LogP contribution in [0.5, 0.6) is 0 Å². The summed E-state index contributed by atoms with van der Waals surface area (Å²) in [5.41, 5.74) is 0. The first-order valence-corrected chi connectivity index (χ1v) is 19.3. The first-order chi connectivity index (χ1) is 22.1. The zero-order chi connectivity index (χ0) is 33.9. The number of rotatable bonds is 30. The summed E-state index contributed by atoms with van der Waals surface area (Å²) in [5, 5.41) is 0. The minimum absolute atomic E-state index is 0.186. The highest BCUT2D eigenvalue weighted by Crippen LogP contribution is 2.36. The van der Waals surface area contributed by atoms with E-state index in [1.165, 1.54) is 44.9 Å². The van der Waals surface area contributed by atoms with E-state index in [0.717, 1.165) is 57.3 Å². The van der Waals surface area contributed by atoms with Crippen LogP contribution in [0.1, 0.15) is 143 Å². The molecule has 0 aromatic rings. The topological polar surface area (TPSA) is 132 Å². The molecule has 0 saturated carbocycles. The van der Waals surface area contributed by atoms with Gasteiger partial charge in [0.2, 0.25) is 0 Å². The zero-order valence-corrected chi connectivity index (χ0v) is 29.7. The first kappa shape index (κ1) is 42.3. The zero-order valence-electron chi connectivity index (χ0n) is 28.8. The molecule has 2 unspecified atom stereocenters. The van der Waals surface area contributed by atoms with Crippen molar-refractivity contribution < 1.29 is 42.7 Å². The van der Waals surface area contributed by atoms with Gasteiger partial charge in [-0.3, -0.25) is 14.1 Å². The lowest BCUT2D eigenvalue weighted by atomic mass is 10.0. The maximum absolute atomic E-state index is 12.3. The van der Waals surface area contributed by atoms with Crippen LogP contribution in [0, 0.1) is 5.92 Å². The van der Waals surface area contributed by atoms with Gasteiger partial charge in [-0.05, 0) is 57.3 Å². The third-order valence-corrected chi connectivity index (χ3v) is 8.23. The highest BCUT2D eigenvalue weighted by molar-refractivity contribution is 7.46. The number of phosphoric ester groups is 1. The lowest BCUT2D eigenvalue weighted by Crippen LogP contribution is -2.29. The van der Waals surface area contributed by atoms with E-state index in [0.29, 0.717) is 25.0 Å². The van der Waals surface area contributed by atoms with Gasteiger partial charge in [0, 0.05) is 12.8 Å². The number of phosphoric acid groups is 1. The van der Waals surface area contributed by atoms with Gasteiger partial charge in [-0.2, -0.15) is 0 Å². The van der Waals surface area contributed by atoms with Gasteiger partial charge in [0.15, 0.2) is 6.10 Å². The molecule has 1 rings (SSSR count). The monoisotopic (exact) mass is 670 g/mol. The normalized spacial score (nSPS) is 17.4. The molecule has 3 atom stereocenters. The smallest absolute Gasteiger partial charge is 0.462 e. The standard InChI is InChI=1S/C36H63O9P/c1-4-5-6-7-15-20-25-33-34(45-33)26-21-16-11-9-12-17-22-27-35(37)42-29-32(30-43-46(39,40)41)44-36(38)28-23-18-13-8-10-14-19-24-31(2)3/h9,12,15-16,20-21,31-34H,4-8,10-11,13-14,17-19,22-30H2,1-3H3,(H2,39,40,41)/b12-9-,20-15-,21-16-/t32-,33?,34?/m1/s1. The largest absolute Gasteiger partial charge is 0.469 e. The number of hydrogen-bond donors (Lipinski definition) is 2. The number of esters is 2. The minimum atomic E-state index is -4.76. The molecule has 2 N–H and O–H groups in total. The molecule has 0 aliphatic carbocycles. The van der Waals surface area contributed by atoms with Crippen molar-refractivity contribution in [2.75, 3.05) is 13.2 Å². The predicted molar refractivity (Wildman–Crippen MR) is 183 cm³/mol. The summed E-state index contributed by atoms with van der Waals surface area (Å²) in [6, 6.07) is 0. The molecule has 0 bridgehead atoms. The Balaban J connectivity index is 2.16. The van der Waals surface area contributed by atoms with Gasteiger partial charge in [-0.15, -0.1) is 0 Å². The number of epoxide rings is 1.